The summed E-state index contributed by atoms with van der Waals surface area (Å²) in [5.74, 6) is -3.50. The van der Waals surface area contributed by atoms with E-state index in [0.717, 1.165) is 25.3 Å². The number of hydrogen-bond donors (Lipinski definition) is 0. The fraction of sp³-hybridized carbons (Fsp3) is 0.364. The number of halogens is 2. The number of Topliss-reactive ketones (excluding diaryl/α,β-unsaturated/α-hetero) is 1. The van der Waals surface area contributed by atoms with E-state index in [4.69, 9.17) is 0 Å². The normalized spacial score (nSPS) is 13.2. The topological polar surface area (TPSA) is 60.4 Å². The minimum absolute atomic E-state index is 0.0893. The number of rotatable bonds is 4. The maximum absolute atomic E-state index is 13.6. The van der Waals surface area contributed by atoms with E-state index < -0.39 is 38.1 Å². The monoisotopic (exact) mass is 278 g/mol. The number of methoxy groups -OCH3 is 1. The van der Waals surface area contributed by atoms with Gasteiger partial charge in [-0.3, -0.25) is 4.79 Å². The first-order chi connectivity index (χ1) is 8.18. The van der Waals surface area contributed by atoms with Crippen LogP contribution in [0.25, 0.3) is 0 Å². The summed E-state index contributed by atoms with van der Waals surface area (Å²) in [6.07, 6.45) is 0.828. The lowest BCUT2D eigenvalue weighted by molar-refractivity contribution is 0.0983. The summed E-state index contributed by atoms with van der Waals surface area (Å²) in [5, 5.41) is -1.50. The molecular weight excluding hydrogens is 266 g/mol. The Morgan fingerprint density at radius 1 is 1.28 bits per heavy atom. The molecule has 0 aliphatic carbocycles. The predicted octanol–water partition coefficient (Wildman–Crippen LogP) is 1.59. The van der Waals surface area contributed by atoms with E-state index in [1.165, 1.54) is 7.11 Å². The molecule has 0 heterocycles. The van der Waals surface area contributed by atoms with Gasteiger partial charge in [-0.2, -0.15) is 0 Å². The highest BCUT2D eigenvalue weighted by atomic mass is 32.2. The largest absolute Gasteiger partial charge is 0.497 e. The third kappa shape index (κ3) is 2.84. The maximum atomic E-state index is 13.6. The molecule has 100 valence electrons. The molecule has 18 heavy (non-hydrogen) atoms. The zero-order valence-corrected chi connectivity index (χ0v) is 10.8. The Labute approximate surface area is 103 Å². The quantitative estimate of drug-likeness (QED) is 0.785. The fourth-order valence-electron chi connectivity index (χ4n) is 1.30. The van der Waals surface area contributed by atoms with Gasteiger partial charge >= 0.3 is 0 Å². The third-order valence-corrected chi connectivity index (χ3v) is 4.01. The van der Waals surface area contributed by atoms with Crippen molar-refractivity contribution >= 4 is 15.6 Å². The maximum Gasteiger partial charge on any atom is 0.186 e. The summed E-state index contributed by atoms with van der Waals surface area (Å²) < 4.78 is 54.2. The molecule has 1 aromatic rings. The molecule has 1 unspecified atom stereocenters. The van der Waals surface area contributed by atoms with Crippen molar-refractivity contribution in [2.45, 2.75) is 12.2 Å². The fourth-order valence-corrected chi connectivity index (χ4v) is 1.81. The summed E-state index contributed by atoms with van der Waals surface area (Å²) >= 11 is 0. The van der Waals surface area contributed by atoms with Crippen LogP contribution in [-0.4, -0.2) is 32.8 Å². The van der Waals surface area contributed by atoms with Crippen molar-refractivity contribution < 1.29 is 26.7 Å². The summed E-state index contributed by atoms with van der Waals surface area (Å²) in [6.45, 7) is 1.08. The van der Waals surface area contributed by atoms with Crippen molar-refractivity contribution in [2.75, 3.05) is 13.4 Å². The molecule has 0 aromatic heterocycles. The van der Waals surface area contributed by atoms with Crippen LogP contribution in [0.2, 0.25) is 0 Å². The Bertz CT molecular complexity index is 558. The molecule has 7 heteroatoms. The van der Waals surface area contributed by atoms with E-state index in [0.29, 0.717) is 0 Å². The van der Waals surface area contributed by atoms with Crippen LogP contribution in [-0.2, 0) is 9.84 Å². The van der Waals surface area contributed by atoms with Crippen LogP contribution in [0.3, 0.4) is 0 Å². The standard InChI is InChI=1S/C11H12F2O4S/c1-6(18(3,15)16)11(14)10-8(12)4-7(17-2)5-9(10)13/h4-6H,1-3H3. The Kier molecular flexibility index (Phi) is 4.05. The van der Waals surface area contributed by atoms with E-state index in [1.807, 2.05) is 0 Å². The van der Waals surface area contributed by atoms with Crippen LogP contribution in [0.4, 0.5) is 8.78 Å². The number of carbonyl (C=O) groups excluding carboxylic acids is 1. The second kappa shape index (κ2) is 5.01. The molecular formula is C11H12F2O4S. The lowest BCUT2D eigenvalue weighted by atomic mass is 10.1. The molecule has 0 spiro atoms. The average Bonchev–Trinajstić information content (AvgIpc) is 2.25. The highest BCUT2D eigenvalue weighted by Gasteiger charge is 2.29. The van der Waals surface area contributed by atoms with Crippen LogP contribution < -0.4 is 4.74 Å². The molecule has 4 nitrogen and oxygen atoms in total. The molecule has 0 bridgehead atoms. The molecule has 1 rings (SSSR count). The van der Waals surface area contributed by atoms with Crippen LogP contribution in [0.15, 0.2) is 12.1 Å². The van der Waals surface area contributed by atoms with Gasteiger partial charge in [-0.1, -0.05) is 0 Å². The third-order valence-electron chi connectivity index (χ3n) is 2.51. The summed E-state index contributed by atoms with van der Waals surface area (Å²) in [5.41, 5.74) is -0.867. The summed E-state index contributed by atoms with van der Waals surface area (Å²) in [6, 6.07) is 1.65. The molecule has 0 fully saturated rings. The van der Waals surface area contributed by atoms with Crippen molar-refractivity contribution in [3.05, 3.63) is 29.3 Å². The first-order valence-electron chi connectivity index (χ1n) is 4.94. The Morgan fingerprint density at radius 2 is 1.72 bits per heavy atom. The predicted molar refractivity (Wildman–Crippen MR) is 61.5 cm³/mol. The van der Waals surface area contributed by atoms with Gasteiger partial charge in [-0.25, -0.2) is 17.2 Å². The molecule has 0 saturated carbocycles. The van der Waals surface area contributed by atoms with Gasteiger partial charge in [0.25, 0.3) is 0 Å². The van der Waals surface area contributed by atoms with E-state index >= 15 is 0 Å². The molecule has 0 radical (unpaired) electrons. The van der Waals surface area contributed by atoms with Gasteiger partial charge < -0.3 is 4.74 Å². The number of sulfone groups is 1. The van der Waals surface area contributed by atoms with Crippen molar-refractivity contribution in [1.29, 1.82) is 0 Å². The smallest absolute Gasteiger partial charge is 0.186 e. The Hall–Kier alpha value is -1.50. The van der Waals surface area contributed by atoms with Crippen LogP contribution in [0.1, 0.15) is 17.3 Å². The van der Waals surface area contributed by atoms with Crippen molar-refractivity contribution in [3.8, 4) is 5.75 Å². The van der Waals surface area contributed by atoms with E-state index in [2.05, 4.69) is 4.74 Å². The molecule has 0 saturated heterocycles. The van der Waals surface area contributed by atoms with Crippen LogP contribution in [0, 0.1) is 11.6 Å². The molecule has 0 N–H and O–H groups in total. The summed E-state index contributed by atoms with van der Waals surface area (Å²) in [4.78, 5) is 11.7. The highest BCUT2D eigenvalue weighted by molar-refractivity contribution is 7.92. The highest BCUT2D eigenvalue weighted by Crippen LogP contribution is 2.22. The van der Waals surface area contributed by atoms with Gasteiger partial charge in [-0.05, 0) is 6.92 Å². The Balaban J connectivity index is 3.31. The van der Waals surface area contributed by atoms with Gasteiger partial charge in [0.05, 0.1) is 12.7 Å². The first-order valence-corrected chi connectivity index (χ1v) is 6.90. The minimum atomic E-state index is -3.71. The van der Waals surface area contributed by atoms with Crippen molar-refractivity contribution in [2.24, 2.45) is 0 Å². The van der Waals surface area contributed by atoms with Crippen LogP contribution >= 0.6 is 0 Å². The van der Waals surface area contributed by atoms with Gasteiger partial charge in [0, 0.05) is 18.4 Å². The van der Waals surface area contributed by atoms with Gasteiger partial charge in [0.15, 0.2) is 15.6 Å². The first kappa shape index (κ1) is 14.6. The number of benzene rings is 1. The van der Waals surface area contributed by atoms with E-state index in [1.54, 1.807) is 0 Å². The second-order valence-electron chi connectivity index (χ2n) is 3.80. The number of ketones is 1. The van der Waals surface area contributed by atoms with E-state index in [-0.39, 0.29) is 5.75 Å². The van der Waals surface area contributed by atoms with E-state index in [9.17, 15) is 22.0 Å². The molecule has 0 amide bonds. The molecule has 1 aromatic carbocycles. The lowest BCUT2D eigenvalue weighted by Gasteiger charge is -2.11. The Morgan fingerprint density at radius 3 is 2.06 bits per heavy atom. The minimum Gasteiger partial charge on any atom is -0.497 e. The van der Waals surface area contributed by atoms with Gasteiger partial charge in [0.1, 0.15) is 22.6 Å². The molecule has 0 aliphatic heterocycles. The van der Waals surface area contributed by atoms with Crippen LogP contribution in [0.5, 0.6) is 5.75 Å². The number of hydrogen-bond acceptors (Lipinski definition) is 4. The number of carbonyl (C=O) groups is 1. The molecule has 1 atom stereocenters. The lowest BCUT2D eigenvalue weighted by Crippen LogP contribution is -2.28. The van der Waals surface area contributed by atoms with Crippen molar-refractivity contribution in [3.63, 3.8) is 0 Å². The van der Waals surface area contributed by atoms with Gasteiger partial charge in [-0.15, -0.1) is 0 Å². The summed E-state index contributed by atoms with van der Waals surface area (Å²) in [7, 11) is -2.50. The zero-order chi connectivity index (χ0) is 14.1. The zero-order valence-electron chi connectivity index (χ0n) is 10.0. The van der Waals surface area contributed by atoms with Gasteiger partial charge in [0.2, 0.25) is 0 Å². The number of ether oxygens (including phenoxy) is 1. The average molecular weight is 278 g/mol. The SMILES string of the molecule is COc1cc(F)c(C(=O)C(C)S(C)(=O)=O)c(F)c1. The molecule has 0 aliphatic rings. The van der Waals surface area contributed by atoms with Crippen molar-refractivity contribution in [1.82, 2.24) is 0 Å². The second-order valence-corrected chi connectivity index (χ2v) is 6.17.